The highest BCUT2D eigenvalue weighted by atomic mass is 16.4. The molecule has 2 unspecified atom stereocenters. The lowest BCUT2D eigenvalue weighted by molar-refractivity contribution is -0.146. The molecule has 0 saturated heterocycles. The van der Waals surface area contributed by atoms with Gasteiger partial charge in [-0.05, 0) is 0 Å². The van der Waals surface area contributed by atoms with Gasteiger partial charge in [0.1, 0.15) is 0 Å². The highest BCUT2D eigenvalue weighted by Gasteiger charge is 2.25. The summed E-state index contributed by atoms with van der Waals surface area (Å²) in [4.78, 5) is 22.2. The number of hydrogen-bond donors (Lipinski definition) is 3. The number of hydrogen-bond acceptors (Lipinski definition) is 5. The van der Waals surface area contributed by atoms with E-state index in [1.807, 2.05) is 0 Å². The minimum atomic E-state index is -0.998. The van der Waals surface area contributed by atoms with E-state index < -0.39 is 17.8 Å². The average molecular weight is 227 g/mol. The summed E-state index contributed by atoms with van der Waals surface area (Å²) in [5.74, 6) is -2.33. The van der Waals surface area contributed by atoms with Gasteiger partial charge in [0.15, 0.2) is 5.82 Å². The standard InChI is InChI=1S/C8H13N5O3/c1-4(5(2)8(15)16)7(14)9-3-6-10-12-13-11-6/h4-5H,3H2,1-2H3,(H,9,14)(H,15,16)(H,10,11,12,13). The second kappa shape index (κ2) is 5.19. The van der Waals surface area contributed by atoms with Crippen molar-refractivity contribution < 1.29 is 14.7 Å². The molecule has 16 heavy (non-hydrogen) atoms. The third kappa shape index (κ3) is 3.01. The van der Waals surface area contributed by atoms with Crippen molar-refractivity contribution in [3.8, 4) is 0 Å². The van der Waals surface area contributed by atoms with Crippen LogP contribution in [0.2, 0.25) is 0 Å². The first-order chi connectivity index (χ1) is 7.52. The van der Waals surface area contributed by atoms with Crippen LogP contribution in [-0.4, -0.2) is 37.6 Å². The maximum atomic E-state index is 11.5. The number of aromatic nitrogens is 4. The van der Waals surface area contributed by atoms with Crippen LogP contribution in [-0.2, 0) is 16.1 Å². The first-order valence-electron chi connectivity index (χ1n) is 4.75. The number of carboxylic acid groups (broad SMARTS) is 1. The van der Waals surface area contributed by atoms with Crippen molar-refractivity contribution in [3.05, 3.63) is 5.82 Å². The Morgan fingerprint density at radius 3 is 2.62 bits per heavy atom. The summed E-state index contributed by atoms with van der Waals surface area (Å²) in [6, 6.07) is 0. The van der Waals surface area contributed by atoms with Gasteiger partial charge < -0.3 is 10.4 Å². The number of carbonyl (C=O) groups excluding carboxylic acids is 1. The quantitative estimate of drug-likeness (QED) is 0.603. The number of aromatic amines is 1. The molecule has 88 valence electrons. The van der Waals surface area contributed by atoms with Gasteiger partial charge >= 0.3 is 5.97 Å². The third-order valence-corrected chi connectivity index (χ3v) is 2.36. The Morgan fingerprint density at radius 2 is 2.12 bits per heavy atom. The highest BCUT2D eigenvalue weighted by Crippen LogP contribution is 2.10. The largest absolute Gasteiger partial charge is 0.481 e. The maximum absolute atomic E-state index is 11.5. The van der Waals surface area contributed by atoms with Crippen LogP contribution in [0.25, 0.3) is 0 Å². The predicted octanol–water partition coefficient (Wildman–Crippen LogP) is -0.827. The Hall–Kier alpha value is -1.99. The van der Waals surface area contributed by atoms with Crippen LogP contribution in [0.15, 0.2) is 0 Å². The van der Waals surface area contributed by atoms with E-state index in [4.69, 9.17) is 5.11 Å². The first kappa shape index (κ1) is 12.1. The Bertz CT molecular complexity index is 364. The minimum Gasteiger partial charge on any atom is -0.481 e. The van der Waals surface area contributed by atoms with E-state index in [9.17, 15) is 9.59 Å². The van der Waals surface area contributed by atoms with E-state index in [0.717, 1.165) is 0 Å². The van der Waals surface area contributed by atoms with Crippen molar-refractivity contribution in [1.29, 1.82) is 0 Å². The van der Waals surface area contributed by atoms with E-state index in [-0.39, 0.29) is 12.5 Å². The number of aliphatic carboxylic acids is 1. The smallest absolute Gasteiger partial charge is 0.307 e. The molecule has 0 aliphatic heterocycles. The van der Waals surface area contributed by atoms with Crippen molar-refractivity contribution in [2.75, 3.05) is 0 Å². The van der Waals surface area contributed by atoms with E-state index in [1.54, 1.807) is 6.92 Å². The van der Waals surface area contributed by atoms with Crippen molar-refractivity contribution in [2.24, 2.45) is 11.8 Å². The second-order valence-electron chi connectivity index (χ2n) is 3.46. The highest BCUT2D eigenvalue weighted by molar-refractivity contribution is 5.84. The van der Waals surface area contributed by atoms with Crippen LogP contribution in [0.1, 0.15) is 19.7 Å². The molecule has 3 N–H and O–H groups in total. The zero-order valence-corrected chi connectivity index (χ0v) is 8.97. The van der Waals surface area contributed by atoms with Gasteiger partial charge in [-0.1, -0.05) is 19.1 Å². The zero-order valence-electron chi connectivity index (χ0n) is 8.97. The van der Waals surface area contributed by atoms with Gasteiger partial charge in [0.05, 0.1) is 12.5 Å². The molecule has 0 bridgehead atoms. The number of rotatable bonds is 5. The van der Waals surface area contributed by atoms with Gasteiger partial charge in [-0.25, -0.2) is 0 Å². The van der Waals surface area contributed by atoms with E-state index in [0.29, 0.717) is 5.82 Å². The SMILES string of the molecule is CC(C(=O)O)C(C)C(=O)NCc1nn[nH]n1. The lowest BCUT2D eigenvalue weighted by Crippen LogP contribution is -2.35. The number of nitrogens with zero attached hydrogens (tertiary/aromatic N) is 3. The predicted molar refractivity (Wildman–Crippen MR) is 52.0 cm³/mol. The van der Waals surface area contributed by atoms with Crippen molar-refractivity contribution in [1.82, 2.24) is 25.9 Å². The lowest BCUT2D eigenvalue weighted by atomic mass is 9.95. The van der Waals surface area contributed by atoms with Gasteiger partial charge in [0.25, 0.3) is 0 Å². The number of nitrogens with one attached hydrogen (secondary N) is 2. The lowest BCUT2D eigenvalue weighted by Gasteiger charge is -2.14. The van der Waals surface area contributed by atoms with E-state index in [1.165, 1.54) is 6.92 Å². The molecule has 0 radical (unpaired) electrons. The molecule has 8 nitrogen and oxygen atoms in total. The fraction of sp³-hybridized carbons (Fsp3) is 0.625. The topological polar surface area (TPSA) is 121 Å². The van der Waals surface area contributed by atoms with E-state index >= 15 is 0 Å². The van der Waals surface area contributed by atoms with E-state index in [2.05, 4.69) is 25.9 Å². The second-order valence-corrected chi connectivity index (χ2v) is 3.46. The normalized spacial score (nSPS) is 14.1. The Labute approximate surface area is 91.4 Å². The number of amides is 1. The van der Waals surface area contributed by atoms with Crippen LogP contribution in [0, 0.1) is 11.8 Å². The molecule has 1 aromatic heterocycles. The van der Waals surface area contributed by atoms with Crippen LogP contribution in [0.5, 0.6) is 0 Å². The Morgan fingerprint density at radius 1 is 1.44 bits per heavy atom. The van der Waals surface area contributed by atoms with Gasteiger partial charge in [0, 0.05) is 5.92 Å². The summed E-state index contributed by atoms with van der Waals surface area (Å²) in [5.41, 5.74) is 0. The van der Waals surface area contributed by atoms with Crippen LogP contribution in [0.4, 0.5) is 0 Å². The number of tetrazole rings is 1. The first-order valence-corrected chi connectivity index (χ1v) is 4.75. The number of carboxylic acids is 1. The molecule has 8 heteroatoms. The Kier molecular flexibility index (Phi) is 3.92. The van der Waals surface area contributed by atoms with Gasteiger partial charge in [-0.2, -0.15) is 5.21 Å². The molecular weight excluding hydrogens is 214 g/mol. The molecule has 1 amide bonds. The molecule has 0 fully saturated rings. The van der Waals surface area contributed by atoms with Crippen LogP contribution < -0.4 is 5.32 Å². The third-order valence-electron chi connectivity index (χ3n) is 2.36. The monoisotopic (exact) mass is 227 g/mol. The van der Waals surface area contributed by atoms with Gasteiger partial charge in [0.2, 0.25) is 5.91 Å². The van der Waals surface area contributed by atoms with Crippen molar-refractivity contribution >= 4 is 11.9 Å². The summed E-state index contributed by atoms with van der Waals surface area (Å²) in [6.07, 6.45) is 0. The summed E-state index contributed by atoms with van der Waals surface area (Å²) in [6.45, 7) is 3.18. The minimum absolute atomic E-state index is 0.131. The maximum Gasteiger partial charge on any atom is 0.307 e. The molecule has 1 rings (SSSR count). The molecule has 0 aromatic carbocycles. The summed E-state index contributed by atoms with van der Waals surface area (Å²) < 4.78 is 0. The molecule has 2 atom stereocenters. The van der Waals surface area contributed by atoms with Crippen LogP contribution in [0.3, 0.4) is 0 Å². The van der Waals surface area contributed by atoms with Crippen molar-refractivity contribution in [2.45, 2.75) is 20.4 Å². The number of carbonyl (C=O) groups is 2. The fourth-order valence-electron chi connectivity index (χ4n) is 1.03. The van der Waals surface area contributed by atoms with Crippen molar-refractivity contribution in [3.63, 3.8) is 0 Å². The molecule has 0 spiro atoms. The fourth-order valence-corrected chi connectivity index (χ4v) is 1.03. The summed E-state index contributed by atoms with van der Waals surface area (Å²) >= 11 is 0. The molecule has 0 saturated carbocycles. The zero-order chi connectivity index (χ0) is 12.1. The van der Waals surface area contributed by atoms with Gasteiger partial charge in [-0.3, -0.25) is 9.59 Å². The molecule has 1 heterocycles. The molecular formula is C8H13N5O3. The average Bonchev–Trinajstić information content (AvgIpc) is 2.76. The summed E-state index contributed by atoms with van der Waals surface area (Å²) in [7, 11) is 0. The summed E-state index contributed by atoms with van der Waals surface area (Å²) in [5, 5.41) is 24.1. The number of H-pyrrole nitrogens is 1. The molecule has 0 aliphatic rings. The molecule has 0 aliphatic carbocycles. The van der Waals surface area contributed by atoms with Gasteiger partial charge in [-0.15, -0.1) is 10.2 Å². The van der Waals surface area contributed by atoms with Crippen LogP contribution >= 0.6 is 0 Å². The Balaban J connectivity index is 2.43. The molecule has 1 aromatic rings.